The van der Waals surface area contributed by atoms with Crippen molar-refractivity contribution in [1.82, 2.24) is 4.98 Å². The van der Waals surface area contributed by atoms with E-state index >= 15 is 0 Å². The van der Waals surface area contributed by atoms with Crippen LogP contribution in [0.1, 0.15) is 87.0 Å². The number of halogens is 3. The molecule has 10 nitrogen and oxygen atoms in total. The Morgan fingerprint density at radius 3 is 2.23 bits per heavy atom. The summed E-state index contributed by atoms with van der Waals surface area (Å²) in [6.07, 6.45) is 7.76. The van der Waals surface area contributed by atoms with Gasteiger partial charge in [-0.3, -0.25) is 0 Å². The molecule has 0 N–H and O–H groups in total. The van der Waals surface area contributed by atoms with Gasteiger partial charge in [-0.25, -0.2) is 0 Å². The first-order valence-corrected chi connectivity index (χ1v) is 19.6. The largest absolute Gasteiger partial charge is 0.534 e. The topological polar surface area (TPSA) is 116 Å². The molecule has 0 aliphatic carbocycles. The van der Waals surface area contributed by atoms with E-state index in [0.717, 1.165) is 18.4 Å². The van der Waals surface area contributed by atoms with Crippen molar-refractivity contribution in [2.24, 2.45) is 0 Å². The predicted octanol–water partition coefficient (Wildman–Crippen LogP) is 7.86. The Bertz CT molecular complexity index is 1260. The molecule has 15 heteroatoms. The van der Waals surface area contributed by atoms with E-state index in [2.05, 4.69) is 63.7 Å². The third-order valence-electron chi connectivity index (χ3n) is 8.83. The van der Waals surface area contributed by atoms with Crippen LogP contribution < -0.4 is 4.18 Å². The van der Waals surface area contributed by atoms with E-state index in [1.807, 2.05) is 19.1 Å². The molecule has 0 radical (unpaired) electrons. The minimum absolute atomic E-state index is 0.0242. The van der Waals surface area contributed by atoms with Crippen molar-refractivity contribution in [2.75, 3.05) is 21.3 Å². The lowest BCUT2D eigenvalue weighted by Crippen LogP contribution is -2.57. The van der Waals surface area contributed by atoms with E-state index in [1.165, 1.54) is 7.11 Å². The van der Waals surface area contributed by atoms with Crippen molar-refractivity contribution in [2.45, 2.75) is 140 Å². The Hall–Kier alpha value is -1.75. The molecule has 1 aliphatic rings. The second kappa shape index (κ2) is 17.3. The van der Waals surface area contributed by atoms with Crippen molar-refractivity contribution in [3.8, 4) is 5.88 Å². The van der Waals surface area contributed by atoms with E-state index < -0.39 is 47.8 Å². The summed E-state index contributed by atoms with van der Waals surface area (Å²) in [5.41, 5.74) is -3.82. The van der Waals surface area contributed by atoms with Crippen LogP contribution in [0.15, 0.2) is 34.5 Å². The van der Waals surface area contributed by atoms with E-state index in [9.17, 15) is 21.6 Å². The number of hydrogen-bond donors (Lipinski definition) is 0. The van der Waals surface area contributed by atoms with Crippen molar-refractivity contribution in [1.29, 1.82) is 0 Å². The molecule has 1 aromatic rings. The Balaban J connectivity index is 2.56. The maximum absolute atomic E-state index is 12.9. The summed E-state index contributed by atoms with van der Waals surface area (Å²) in [7, 11) is -3.67. The first kappa shape index (κ1) is 41.4. The lowest BCUT2D eigenvalue weighted by Gasteiger charge is -2.49. The standard InChI is InChI=1S/C32H54F3NO9SSi/c1-12-13-25(39-9)15-14-24(8)16-28(45-47(21(2)3,22(4)5)23(6)7)27-17-26(40-10)18-31(41-11,43-27)19-29-36-30(20-42-29)44-46(37,38)32(33,34)35/h14-16,20-23,25-28H,12-13,17-19H2,1-11H3/t25-,26-,27-,28-,31+/m1/s1. The number of allylic oxidation sites excluding steroid dienone is 2. The SMILES string of the molecule is CCC[C@H](C=CC(C)=C[C@@H](O[Si](C(C)C)(C(C)C)C(C)C)[C@H]1C[C@@H](OC)C[C@](Cc2nc(OS(=O)(=O)C(F)(F)F)co2)(OC)O1)OC. The van der Waals surface area contributed by atoms with Crippen LogP contribution in [-0.4, -0.2) is 78.8 Å². The van der Waals surface area contributed by atoms with Crippen molar-refractivity contribution < 1.29 is 53.6 Å². The fourth-order valence-electron chi connectivity index (χ4n) is 6.58. The monoisotopic (exact) mass is 713 g/mol. The van der Waals surface area contributed by atoms with Crippen LogP contribution in [0.25, 0.3) is 0 Å². The van der Waals surface area contributed by atoms with Crippen LogP contribution in [-0.2, 0) is 39.9 Å². The van der Waals surface area contributed by atoms with Crippen LogP contribution >= 0.6 is 0 Å². The Morgan fingerprint density at radius 2 is 1.74 bits per heavy atom. The number of rotatable bonds is 18. The zero-order valence-electron chi connectivity index (χ0n) is 29.5. The maximum Gasteiger partial charge on any atom is 0.534 e. The number of oxazole rings is 1. The molecular formula is C32H54F3NO9SSi. The van der Waals surface area contributed by atoms with Crippen molar-refractivity contribution >= 4 is 18.4 Å². The van der Waals surface area contributed by atoms with Crippen LogP contribution in [0, 0.1) is 0 Å². The number of methoxy groups -OCH3 is 3. The number of alkyl halides is 3. The number of hydrogen-bond acceptors (Lipinski definition) is 10. The van der Waals surface area contributed by atoms with Crippen LogP contribution in [0.4, 0.5) is 13.2 Å². The van der Waals surface area contributed by atoms with Crippen LogP contribution in [0.2, 0.25) is 16.6 Å². The molecular weight excluding hydrogens is 659 g/mol. The zero-order chi connectivity index (χ0) is 35.8. The van der Waals surface area contributed by atoms with E-state index in [1.54, 1.807) is 14.2 Å². The van der Waals surface area contributed by atoms with Gasteiger partial charge in [-0.05, 0) is 30.0 Å². The van der Waals surface area contributed by atoms with Gasteiger partial charge in [0.2, 0.25) is 14.2 Å². The predicted molar refractivity (Wildman–Crippen MR) is 175 cm³/mol. The summed E-state index contributed by atoms with van der Waals surface area (Å²) in [4.78, 5) is 3.83. The quantitative estimate of drug-likeness (QED) is 0.0645. The molecule has 5 atom stereocenters. The zero-order valence-corrected chi connectivity index (χ0v) is 31.4. The highest BCUT2D eigenvalue weighted by Crippen LogP contribution is 2.45. The first-order valence-electron chi connectivity index (χ1n) is 16.1. The summed E-state index contributed by atoms with van der Waals surface area (Å²) in [5.74, 6) is -2.39. The van der Waals surface area contributed by atoms with Gasteiger partial charge in [0.05, 0.1) is 30.8 Å². The molecule has 1 saturated heterocycles. The van der Waals surface area contributed by atoms with Gasteiger partial charge in [0.1, 0.15) is 0 Å². The molecule has 1 fully saturated rings. The average Bonchev–Trinajstić information content (AvgIpc) is 3.41. The molecule has 0 bridgehead atoms. The van der Waals surface area contributed by atoms with Gasteiger partial charge in [0.15, 0.2) is 12.1 Å². The number of ether oxygens (including phenoxy) is 4. The van der Waals surface area contributed by atoms with Gasteiger partial charge >= 0.3 is 15.6 Å². The highest BCUT2D eigenvalue weighted by molar-refractivity contribution is 7.87. The average molecular weight is 714 g/mol. The molecule has 47 heavy (non-hydrogen) atoms. The Morgan fingerprint density at radius 1 is 1.13 bits per heavy atom. The van der Waals surface area contributed by atoms with Gasteiger partial charge in [-0.1, -0.05) is 78.7 Å². The summed E-state index contributed by atoms with van der Waals surface area (Å²) < 4.78 is 102. The van der Waals surface area contributed by atoms with Gasteiger partial charge in [-0.2, -0.15) is 26.6 Å². The minimum Gasteiger partial charge on any atom is -0.445 e. The van der Waals surface area contributed by atoms with Gasteiger partial charge in [0.25, 0.3) is 5.88 Å². The summed E-state index contributed by atoms with van der Waals surface area (Å²) in [6.45, 7) is 17.3. The summed E-state index contributed by atoms with van der Waals surface area (Å²) in [6, 6.07) is 0. The fraction of sp³-hybridized carbons (Fsp3) is 0.781. The third-order valence-corrected chi connectivity index (χ3v) is 15.9. The summed E-state index contributed by atoms with van der Waals surface area (Å²) in [5, 5.41) is 0. The molecule has 0 spiro atoms. The highest BCUT2D eigenvalue weighted by Gasteiger charge is 2.52. The maximum atomic E-state index is 12.9. The van der Waals surface area contributed by atoms with Gasteiger partial charge in [0, 0.05) is 34.2 Å². The van der Waals surface area contributed by atoms with Crippen molar-refractivity contribution in [3.63, 3.8) is 0 Å². The lowest BCUT2D eigenvalue weighted by atomic mass is 9.92. The van der Waals surface area contributed by atoms with Crippen molar-refractivity contribution in [3.05, 3.63) is 36.0 Å². The Labute approximate surface area is 279 Å². The number of aromatic nitrogens is 1. The fourth-order valence-corrected chi connectivity index (χ4v) is 12.5. The normalized spacial score (nSPS) is 23.3. The highest BCUT2D eigenvalue weighted by atomic mass is 32.2. The molecule has 0 aromatic carbocycles. The molecule has 2 rings (SSSR count). The summed E-state index contributed by atoms with van der Waals surface area (Å²) >= 11 is 0. The molecule has 0 amide bonds. The van der Waals surface area contributed by atoms with E-state index in [0.29, 0.717) is 12.7 Å². The third kappa shape index (κ3) is 10.6. The van der Waals surface area contributed by atoms with Crippen LogP contribution in [0.3, 0.4) is 0 Å². The van der Waals surface area contributed by atoms with Gasteiger partial charge in [-0.15, -0.1) is 0 Å². The molecule has 1 aliphatic heterocycles. The molecule has 0 unspecified atom stereocenters. The molecule has 0 saturated carbocycles. The first-order chi connectivity index (χ1) is 21.8. The van der Waals surface area contributed by atoms with E-state index in [4.69, 9.17) is 27.8 Å². The number of nitrogens with zero attached hydrogens (tertiary/aromatic N) is 1. The van der Waals surface area contributed by atoms with E-state index in [-0.39, 0.29) is 47.6 Å². The van der Waals surface area contributed by atoms with Crippen LogP contribution in [0.5, 0.6) is 5.88 Å². The second-order valence-electron chi connectivity index (χ2n) is 13.0. The molecule has 272 valence electrons. The molecule has 2 heterocycles. The smallest absolute Gasteiger partial charge is 0.445 e. The lowest BCUT2D eigenvalue weighted by molar-refractivity contribution is -0.297. The molecule has 1 aromatic heterocycles. The Kier molecular flexibility index (Phi) is 15.2. The van der Waals surface area contributed by atoms with Gasteiger partial charge < -0.3 is 32.0 Å². The second-order valence-corrected chi connectivity index (χ2v) is 20.0. The minimum atomic E-state index is -5.93.